The summed E-state index contributed by atoms with van der Waals surface area (Å²) in [5.74, 6) is 0.888. The zero-order chi connectivity index (χ0) is 15.6. The van der Waals surface area contributed by atoms with Crippen molar-refractivity contribution in [3.8, 4) is 22.9 Å². The molecule has 0 aliphatic heterocycles. The number of hydrogen-bond acceptors (Lipinski definition) is 4. The third-order valence-electron chi connectivity index (χ3n) is 4.34. The van der Waals surface area contributed by atoms with Crippen molar-refractivity contribution in [3.05, 3.63) is 42.6 Å². The van der Waals surface area contributed by atoms with Gasteiger partial charge in [-0.2, -0.15) is 0 Å². The van der Waals surface area contributed by atoms with E-state index < -0.39 is 0 Å². The highest BCUT2D eigenvalue weighted by Crippen LogP contribution is 2.25. The first-order valence-corrected chi connectivity index (χ1v) is 8.10. The number of phenolic OH excluding ortho intramolecular Hbond substituents is 1. The minimum absolute atomic E-state index is 0.247. The fourth-order valence-corrected chi connectivity index (χ4v) is 3.10. The van der Waals surface area contributed by atoms with E-state index in [2.05, 4.69) is 10.1 Å². The van der Waals surface area contributed by atoms with Gasteiger partial charge in [-0.15, -0.1) is 5.10 Å². The number of phenols is 1. The largest absolute Gasteiger partial charge is 0.508 e. The summed E-state index contributed by atoms with van der Waals surface area (Å²) in [6.45, 7) is 0. The maximum Gasteiger partial charge on any atom is 0.232 e. The topological polar surface area (TPSA) is 59.7 Å². The van der Waals surface area contributed by atoms with Gasteiger partial charge in [-0.3, -0.25) is 0 Å². The van der Waals surface area contributed by atoms with Crippen LogP contribution in [0.3, 0.4) is 0 Å². The highest BCUT2D eigenvalue weighted by molar-refractivity contribution is 5.63. The minimum Gasteiger partial charge on any atom is -0.508 e. The van der Waals surface area contributed by atoms with Crippen molar-refractivity contribution >= 4 is 5.65 Å². The zero-order valence-electron chi connectivity index (χ0n) is 12.9. The van der Waals surface area contributed by atoms with Crippen LogP contribution < -0.4 is 4.74 Å². The Kier molecular flexibility index (Phi) is 3.61. The van der Waals surface area contributed by atoms with Crippen molar-refractivity contribution in [3.63, 3.8) is 0 Å². The van der Waals surface area contributed by atoms with Crippen molar-refractivity contribution in [1.82, 2.24) is 14.6 Å². The first-order chi connectivity index (χ1) is 11.3. The van der Waals surface area contributed by atoms with Crippen LogP contribution in [-0.2, 0) is 0 Å². The molecule has 2 heterocycles. The predicted molar refractivity (Wildman–Crippen MR) is 87.6 cm³/mol. The van der Waals surface area contributed by atoms with E-state index in [0.29, 0.717) is 5.88 Å². The normalized spacial score (nSPS) is 15.8. The van der Waals surface area contributed by atoms with Crippen molar-refractivity contribution in [2.45, 2.75) is 38.2 Å². The van der Waals surface area contributed by atoms with Gasteiger partial charge in [0.25, 0.3) is 0 Å². The number of aromatic nitrogens is 3. The molecule has 1 aliphatic rings. The average molecular weight is 309 g/mol. The summed E-state index contributed by atoms with van der Waals surface area (Å²) < 4.78 is 7.84. The number of ether oxygens (including phenoxy) is 1. The molecule has 1 aliphatic carbocycles. The molecule has 5 heteroatoms. The molecule has 5 nitrogen and oxygen atoms in total. The fourth-order valence-electron chi connectivity index (χ4n) is 3.10. The summed E-state index contributed by atoms with van der Waals surface area (Å²) in [5, 5.41) is 14.0. The first kappa shape index (κ1) is 14.1. The molecule has 1 saturated carbocycles. The Hall–Kier alpha value is -2.56. The molecule has 0 atom stereocenters. The summed E-state index contributed by atoms with van der Waals surface area (Å²) in [6, 6.07) is 10.9. The maximum atomic E-state index is 9.44. The van der Waals surface area contributed by atoms with Gasteiger partial charge in [-0.05, 0) is 56.0 Å². The van der Waals surface area contributed by atoms with Gasteiger partial charge in [0.15, 0.2) is 5.65 Å². The second kappa shape index (κ2) is 5.91. The Morgan fingerprint density at radius 3 is 2.57 bits per heavy atom. The summed E-state index contributed by atoms with van der Waals surface area (Å²) in [6.07, 6.45) is 8.04. The Morgan fingerprint density at radius 1 is 1.00 bits per heavy atom. The number of benzene rings is 1. The van der Waals surface area contributed by atoms with Crippen LogP contribution >= 0.6 is 0 Å². The van der Waals surface area contributed by atoms with Gasteiger partial charge >= 0.3 is 0 Å². The molecule has 2 aromatic heterocycles. The van der Waals surface area contributed by atoms with Crippen LogP contribution in [0, 0.1) is 0 Å². The molecule has 0 bridgehead atoms. The van der Waals surface area contributed by atoms with Gasteiger partial charge in [0.05, 0.1) is 11.9 Å². The van der Waals surface area contributed by atoms with Crippen LogP contribution in [0.1, 0.15) is 32.1 Å². The van der Waals surface area contributed by atoms with Crippen LogP contribution in [0.15, 0.2) is 42.6 Å². The molecule has 0 saturated heterocycles. The SMILES string of the molecule is Oc1ccc(-c2cnc3ccc(OC4CCCCC4)nn23)cc1. The molecule has 0 spiro atoms. The maximum absolute atomic E-state index is 9.44. The monoisotopic (exact) mass is 309 g/mol. The molecule has 3 aromatic rings. The predicted octanol–water partition coefficient (Wildman–Crippen LogP) is 3.81. The molecule has 4 rings (SSSR count). The third-order valence-corrected chi connectivity index (χ3v) is 4.34. The lowest BCUT2D eigenvalue weighted by Gasteiger charge is -2.22. The highest BCUT2D eigenvalue weighted by Gasteiger charge is 2.16. The van der Waals surface area contributed by atoms with E-state index in [4.69, 9.17) is 4.74 Å². The van der Waals surface area contributed by atoms with E-state index >= 15 is 0 Å². The second-order valence-corrected chi connectivity index (χ2v) is 6.01. The lowest BCUT2D eigenvalue weighted by Crippen LogP contribution is -2.20. The average Bonchev–Trinajstić information content (AvgIpc) is 3.00. The summed E-state index contributed by atoms with van der Waals surface area (Å²) >= 11 is 0. The third kappa shape index (κ3) is 2.86. The van der Waals surface area contributed by atoms with Crippen LogP contribution in [0.25, 0.3) is 16.9 Å². The number of nitrogens with zero attached hydrogens (tertiary/aromatic N) is 3. The lowest BCUT2D eigenvalue weighted by atomic mass is 9.98. The van der Waals surface area contributed by atoms with Gasteiger partial charge in [0.1, 0.15) is 11.9 Å². The molecular weight excluding hydrogens is 290 g/mol. The molecule has 1 N–H and O–H groups in total. The Bertz CT molecular complexity index is 805. The van der Waals surface area contributed by atoms with Crippen LogP contribution in [0.5, 0.6) is 11.6 Å². The van der Waals surface area contributed by atoms with Crippen LogP contribution in [-0.4, -0.2) is 25.8 Å². The molecular formula is C18H19N3O2. The van der Waals surface area contributed by atoms with Crippen molar-refractivity contribution < 1.29 is 9.84 Å². The highest BCUT2D eigenvalue weighted by atomic mass is 16.5. The van der Waals surface area contributed by atoms with E-state index in [1.165, 1.54) is 19.3 Å². The molecule has 1 aromatic carbocycles. The minimum atomic E-state index is 0.247. The van der Waals surface area contributed by atoms with Crippen molar-refractivity contribution in [2.24, 2.45) is 0 Å². The van der Waals surface area contributed by atoms with E-state index in [-0.39, 0.29) is 11.9 Å². The van der Waals surface area contributed by atoms with Gasteiger partial charge in [-0.1, -0.05) is 6.42 Å². The molecule has 1 fully saturated rings. The van der Waals surface area contributed by atoms with Crippen molar-refractivity contribution in [2.75, 3.05) is 0 Å². The van der Waals surface area contributed by atoms with Crippen LogP contribution in [0.2, 0.25) is 0 Å². The first-order valence-electron chi connectivity index (χ1n) is 8.10. The van der Waals surface area contributed by atoms with Crippen LogP contribution in [0.4, 0.5) is 0 Å². The Balaban J connectivity index is 1.66. The van der Waals surface area contributed by atoms with E-state index in [0.717, 1.165) is 29.7 Å². The smallest absolute Gasteiger partial charge is 0.232 e. The summed E-state index contributed by atoms with van der Waals surface area (Å²) in [4.78, 5) is 4.39. The second-order valence-electron chi connectivity index (χ2n) is 6.01. The van der Waals surface area contributed by atoms with Crippen molar-refractivity contribution in [1.29, 1.82) is 0 Å². The summed E-state index contributed by atoms with van der Waals surface area (Å²) in [7, 11) is 0. The summed E-state index contributed by atoms with van der Waals surface area (Å²) in [5.41, 5.74) is 2.62. The molecule has 0 radical (unpaired) electrons. The van der Waals surface area contributed by atoms with Gasteiger partial charge in [-0.25, -0.2) is 9.50 Å². The number of rotatable bonds is 3. The van der Waals surface area contributed by atoms with Gasteiger partial charge in [0, 0.05) is 11.6 Å². The van der Waals surface area contributed by atoms with Gasteiger partial charge < -0.3 is 9.84 Å². The Labute approximate surface area is 134 Å². The molecule has 23 heavy (non-hydrogen) atoms. The number of hydrogen-bond donors (Lipinski definition) is 1. The number of fused-ring (bicyclic) bond motifs is 1. The van der Waals surface area contributed by atoms with E-state index in [9.17, 15) is 5.11 Å². The van der Waals surface area contributed by atoms with E-state index in [1.807, 2.05) is 24.3 Å². The fraction of sp³-hybridized carbons (Fsp3) is 0.333. The van der Waals surface area contributed by atoms with E-state index in [1.54, 1.807) is 22.8 Å². The molecule has 0 amide bonds. The van der Waals surface area contributed by atoms with Gasteiger partial charge in [0.2, 0.25) is 5.88 Å². The standard InChI is InChI=1S/C18H19N3O2/c22-14-8-6-13(7-9-14)16-12-19-17-10-11-18(20-21(16)17)23-15-4-2-1-3-5-15/h6-12,15,22H,1-5H2. The lowest BCUT2D eigenvalue weighted by molar-refractivity contribution is 0.147. The number of imidazole rings is 1. The molecule has 118 valence electrons. The quantitative estimate of drug-likeness (QED) is 0.799. The number of aromatic hydroxyl groups is 1. The Morgan fingerprint density at radius 2 is 1.78 bits per heavy atom. The molecule has 0 unspecified atom stereocenters. The zero-order valence-corrected chi connectivity index (χ0v) is 12.9.